The number of ether oxygens (including phenoxy) is 1. The van der Waals surface area contributed by atoms with Gasteiger partial charge in [0.2, 0.25) is 5.91 Å². The van der Waals surface area contributed by atoms with Gasteiger partial charge < -0.3 is 15.0 Å². The Morgan fingerprint density at radius 3 is 2.26 bits per heavy atom. The van der Waals surface area contributed by atoms with Gasteiger partial charge in [0.25, 0.3) is 0 Å². The third kappa shape index (κ3) is 4.29. The van der Waals surface area contributed by atoms with Crippen molar-refractivity contribution in [3.63, 3.8) is 0 Å². The van der Waals surface area contributed by atoms with E-state index in [1.807, 2.05) is 5.32 Å². The van der Waals surface area contributed by atoms with E-state index in [1.165, 1.54) is 0 Å². The average Bonchev–Trinajstić information content (AvgIpc) is 2.89. The number of hydrogen-bond acceptors (Lipinski definition) is 3. The van der Waals surface area contributed by atoms with Gasteiger partial charge in [0.15, 0.2) is 23.3 Å². The number of carbonyl (C=O) groups is 2. The zero-order chi connectivity index (χ0) is 20.3. The lowest BCUT2D eigenvalue weighted by molar-refractivity contribution is -0.116. The maximum Gasteiger partial charge on any atom is 0.340 e. The molecule has 1 heterocycles. The van der Waals surface area contributed by atoms with Crippen LogP contribution in [0.5, 0.6) is 0 Å². The summed E-state index contributed by atoms with van der Waals surface area (Å²) in [5, 5.41) is 1.84. The number of nitrogens with one attached hydrogen (secondary N) is 2. The Balaban J connectivity index is 2.12. The Bertz CT molecular complexity index is 867. The second-order valence-corrected chi connectivity index (χ2v) is 5.84. The van der Waals surface area contributed by atoms with Crippen LogP contribution in [-0.2, 0) is 16.0 Å². The van der Waals surface area contributed by atoms with E-state index in [-0.39, 0.29) is 25.5 Å². The molecule has 0 saturated heterocycles. The largest absolute Gasteiger partial charge is 0.462 e. The predicted octanol–water partition coefficient (Wildman–Crippen LogP) is 3.94. The van der Waals surface area contributed by atoms with Crippen molar-refractivity contribution in [3.05, 3.63) is 51.9 Å². The second-order valence-electron chi connectivity index (χ2n) is 5.84. The number of aryl methyl sites for hydroxylation is 2. The normalized spacial score (nSPS) is 10.8. The molecule has 0 saturated carbocycles. The Labute approximate surface area is 152 Å². The number of halogens is 4. The number of aromatic amines is 1. The first-order chi connectivity index (χ1) is 12.7. The summed E-state index contributed by atoms with van der Waals surface area (Å²) >= 11 is 0. The molecule has 0 atom stereocenters. The highest BCUT2D eigenvalue weighted by Gasteiger charge is 2.22. The Morgan fingerprint density at radius 2 is 1.70 bits per heavy atom. The van der Waals surface area contributed by atoms with Crippen molar-refractivity contribution in [2.75, 3.05) is 11.9 Å². The number of esters is 1. The van der Waals surface area contributed by atoms with Crippen LogP contribution >= 0.6 is 0 Å². The highest BCUT2D eigenvalue weighted by Crippen LogP contribution is 2.25. The molecule has 27 heavy (non-hydrogen) atoms. The van der Waals surface area contributed by atoms with E-state index in [0.29, 0.717) is 22.5 Å². The summed E-state index contributed by atoms with van der Waals surface area (Å²) in [5.41, 5.74) is 0.899. The minimum Gasteiger partial charge on any atom is -0.462 e. The molecule has 2 N–H and O–H groups in total. The second kappa shape index (κ2) is 8.24. The van der Waals surface area contributed by atoms with E-state index in [0.717, 1.165) is 0 Å². The van der Waals surface area contributed by atoms with Crippen molar-refractivity contribution in [1.29, 1.82) is 0 Å². The average molecular weight is 386 g/mol. The Hall–Kier alpha value is -2.84. The minimum atomic E-state index is -1.68. The quantitative estimate of drug-likeness (QED) is 0.449. The van der Waals surface area contributed by atoms with Crippen molar-refractivity contribution in [3.8, 4) is 0 Å². The van der Waals surface area contributed by atoms with E-state index in [9.17, 15) is 27.2 Å². The van der Waals surface area contributed by atoms with Crippen molar-refractivity contribution in [2.24, 2.45) is 0 Å². The van der Waals surface area contributed by atoms with Gasteiger partial charge in [-0.3, -0.25) is 4.79 Å². The van der Waals surface area contributed by atoms with Gasteiger partial charge in [0, 0.05) is 23.9 Å². The molecule has 0 bridgehead atoms. The van der Waals surface area contributed by atoms with Gasteiger partial charge in [-0.1, -0.05) is 0 Å². The fourth-order valence-corrected chi connectivity index (χ4v) is 2.70. The Morgan fingerprint density at radius 1 is 1.11 bits per heavy atom. The topological polar surface area (TPSA) is 71.2 Å². The lowest BCUT2D eigenvalue weighted by Crippen LogP contribution is -2.16. The summed E-state index contributed by atoms with van der Waals surface area (Å²) in [6.07, 6.45) is -0.126. The fraction of sp³-hybridized carbons (Fsp3) is 0.333. The van der Waals surface area contributed by atoms with Gasteiger partial charge in [-0.05, 0) is 32.8 Å². The standard InChI is InChI=1S/C18H18F4N2O3/c1-4-27-18(26)14-8(2)12(23-9(14)3)5-6-13(25)24-17-15(21)10(19)7-11(20)16(17)22/h7,23H,4-6H2,1-3H3,(H,24,25). The van der Waals surface area contributed by atoms with E-state index in [1.54, 1.807) is 20.8 Å². The predicted molar refractivity (Wildman–Crippen MR) is 89.4 cm³/mol. The number of amides is 1. The summed E-state index contributed by atoms with van der Waals surface area (Å²) in [7, 11) is 0. The van der Waals surface area contributed by atoms with E-state index in [4.69, 9.17) is 4.74 Å². The lowest BCUT2D eigenvalue weighted by atomic mass is 10.1. The number of aromatic nitrogens is 1. The molecular formula is C18H18F4N2O3. The third-order valence-electron chi connectivity index (χ3n) is 4.00. The first-order valence-corrected chi connectivity index (χ1v) is 8.15. The van der Waals surface area contributed by atoms with Crippen LogP contribution < -0.4 is 5.32 Å². The molecule has 0 aliphatic carbocycles. The molecule has 0 aliphatic rings. The van der Waals surface area contributed by atoms with Crippen LogP contribution in [0, 0.1) is 37.1 Å². The van der Waals surface area contributed by atoms with Crippen molar-refractivity contribution in [2.45, 2.75) is 33.6 Å². The third-order valence-corrected chi connectivity index (χ3v) is 4.00. The number of rotatable bonds is 6. The highest BCUT2D eigenvalue weighted by atomic mass is 19.2. The van der Waals surface area contributed by atoms with Gasteiger partial charge >= 0.3 is 5.97 Å². The Kier molecular flexibility index (Phi) is 6.24. The molecule has 0 unspecified atom stereocenters. The molecule has 0 radical (unpaired) electrons. The molecule has 1 amide bonds. The van der Waals surface area contributed by atoms with Crippen LogP contribution in [-0.4, -0.2) is 23.5 Å². The molecular weight excluding hydrogens is 368 g/mol. The summed E-state index contributed by atoms with van der Waals surface area (Å²) in [5.74, 6) is -7.93. The van der Waals surface area contributed by atoms with Gasteiger partial charge in [0.1, 0.15) is 5.69 Å². The first-order valence-electron chi connectivity index (χ1n) is 8.15. The van der Waals surface area contributed by atoms with Crippen LogP contribution in [0.4, 0.5) is 23.2 Å². The van der Waals surface area contributed by atoms with Gasteiger partial charge in [-0.15, -0.1) is 0 Å². The number of benzene rings is 1. The summed E-state index contributed by atoms with van der Waals surface area (Å²) in [6, 6.07) is 0.0578. The summed E-state index contributed by atoms with van der Waals surface area (Å²) in [4.78, 5) is 26.9. The van der Waals surface area contributed by atoms with Gasteiger partial charge in [0.05, 0.1) is 12.2 Å². The van der Waals surface area contributed by atoms with E-state index < -0.39 is 40.8 Å². The van der Waals surface area contributed by atoms with E-state index in [2.05, 4.69) is 4.98 Å². The minimum absolute atomic E-state index is 0.0578. The molecule has 2 rings (SSSR count). The van der Waals surface area contributed by atoms with Crippen LogP contribution in [0.2, 0.25) is 0 Å². The zero-order valence-electron chi connectivity index (χ0n) is 14.9. The molecule has 1 aromatic heterocycles. The van der Waals surface area contributed by atoms with Crippen LogP contribution in [0.3, 0.4) is 0 Å². The number of H-pyrrole nitrogens is 1. The maximum absolute atomic E-state index is 13.6. The molecule has 5 nitrogen and oxygen atoms in total. The van der Waals surface area contributed by atoms with Crippen molar-refractivity contribution < 1.29 is 31.9 Å². The monoisotopic (exact) mass is 386 g/mol. The summed E-state index contributed by atoms with van der Waals surface area (Å²) < 4.78 is 58.5. The van der Waals surface area contributed by atoms with Gasteiger partial charge in [-0.25, -0.2) is 22.4 Å². The number of hydrogen-bond donors (Lipinski definition) is 2. The van der Waals surface area contributed by atoms with E-state index >= 15 is 0 Å². The molecule has 0 fully saturated rings. The molecule has 1 aromatic carbocycles. The molecule has 9 heteroatoms. The molecule has 0 spiro atoms. The van der Waals surface area contributed by atoms with Gasteiger partial charge in [-0.2, -0.15) is 0 Å². The number of anilines is 1. The number of carbonyl (C=O) groups excluding carboxylic acids is 2. The summed E-state index contributed by atoms with van der Waals surface area (Å²) in [6.45, 7) is 5.23. The SMILES string of the molecule is CCOC(=O)c1c(C)[nH]c(CCC(=O)Nc2c(F)c(F)cc(F)c2F)c1C. The maximum atomic E-state index is 13.6. The lowest BCUT2D eigenvalue weighted by Gasteiger charge is -2.09. The smallest absolute Gasteiger partial charge is 0.340 e. The van der Waals surface area contributed by atoms with Crippen molar-refractivity contribution >= 4 is 17.6 Å². The van der Waals surface area contributed by atoms with Crippen LogP contribution in [0.1, 0.15) is 40.7 Å². The molecule has 146 valence electrons. The molecule has 2 aromatic rings. The zero-order valence-corrected chi connectivity index (χ0v) is 14.9. The molecule has 0 aliphatic heterocycles. The van der Waals surface area contributed by atoms with Crippen LogP contribution in [0.25, 0.3) is 0 Å². The first kappa shape index (κ1) is 20.5. The fourth-order valence-electron chi connectivity index (χ4n) is 2.70. The van der Waals surface area contributed by atoms with Crippen LogP contribution in [0.15, 0.2) is 6.07 Å². The van der Waals surface area contributed by atoms with Crippen molar-refractivity contribution in [1.82, 2.24) is 4.98 Å². The highest BCUT2D eigenvalue weighted by molar-refractivity contribution is 5.93.